The van der Waals surface area contributed by atoms with E-state index in [1.165, 1.54) is 48.5 Å². The standard InChI is InChI=1S/C22H14Cl3N3O5S/c23-14-1-4-20(17(8-14)22(30)13-5-12(10-26)6-15(24)7-13)33-11-21(29)28-19-3-2-16(9-18(19)25)34(27,31)32/h1-9H,11H2,(H,28,29)(H2,27,31,32). The summed E-state index contributed by atoms with van der Waals surface area (Å²) in [4.78, 5) is 25.2. The molecule has 12 heteroatoms. The Kier molecular flexibility index (Phi) is 7.82. The van der Waals surface area contributed by atoms with Crippen LogP contribution in [-0.4, -0.2) is 26.7 Å². The number of carbonyl (C=O) groups excluding carboxylic acids is 2. The molecule has 0 fully saturated rings. The minimum atomic E-state index is -3.95. The van der Waals surface area contributed by atoms with Crippen molar-refractivity contribution in [2.24, 2.45) is 5.14 Å². The van der Waals surface area contributed by atoms with Crippen molar-refractivity contribution in [1.82, 2.24) is 0 Å². The molecule has 34 heavy (non-hydrogen) atoms. The van der Waals surface area contributed by atoms with Crippen molar-refractivity contribution in [3.05, 3.63) is 86.4 Å². The summed E-state index contributed by atoms with van der Waals surface area (Å²) in [7, 11) is -3.95. The molecule has 0 bridgehead atoms. The number of primary sulfonamides is 1. The zero-order chi connectivity index (χ0) is 25.0. The lowest BCUT2D eigenvalue weighted by molar-refractivity contribution is -0.118. The Labute approximate surface area is 209 Å². The lowest BCUT2D eigenvalue weighted by Gasteiger charge is -2.13. The van der Waals surface area contributed by atoms with Crippen molar-refractivity contribution in [2.75, 3.05) is 11.9 Å². The molecule has 0 radical (unpaired) electrons. The molecule has 0 aliphatic carbocycles. The normalized spacial score (nSPS) is 10.9. The molecule has 0 unspecified atom stereocenters. The first-order chi connectivity index (χ1) is 16.0. The summed E-state index contributed by atoms with van der Waals surface area (Å²) < 4.78 is 28.3. The van der Waals surface area contributed by atoms with Gasteiger partial charge >= 0.3 is 0 Å². The van der Waals surface area contributed by atoms with Crippen molar-refractivity contribution in [3.63, 3.8) is 0 Å². The van der Waals surface area contributed by atoms with Crippen LogP contribution in [0.2, 0.25) is 15.1 Å². The van der Waals surface area contributed by atoms with Gasteiger partial charge in [-0.1, -0.05) is 34.8 Å². The first-order valence-electron chi connectivity index (χ1n) is 9.28. The van der Waals surface area contributed by atoms with E-state index < -0.39 is 28.3 Å². The third kappa shape index (κ3) is 6.26. The maximum atomic E-state index is 13.0. The van der Waals surface area contributed by atoms with Crippen LogP contribution < -0.4 is 15.2 Å². The Hall–Kier alpha value is -3.13. The number of hydrogen-bond acceptors (Lipinski definition) is 6. The molecule has 0 aliphatic rings. The fourth-order valence-electron chi connectivity index (χ4n) is 2.85. The van der Waals surface area contributed by atoms with E-state index in [0.717, 1.165) is 6.07 Å². The van der Waals surface area contributed by atoms with Crippen LogP contribution in [0.25, 0.3) is 0 Å². The Bertz CT molecular complexity index is 1450. The monoisotopic (exact) mass is 537 g/mol. The van der Waals surface area contributed by atoms with Crippen LogP contribution in [0.4, 0.5) is 5.69 Å². The van der Waals surface area contributed by atoms with Gasteiger partial charge in [0.1, 0.15) is 5.75 Å². The first-order valence-corrected chi connectivity index (χ1v) is 12.0. The number of sulfonamides is 1. The zero-order valence-electron chi connectivity index (χ0n) is 17.0. The molecule has 0 aliphatic heterocycles. The highest BCUT2D eigenvalue weighted by Crippen LogP contribution is 2.28. The van der Waals surface area contributed by atoms with Gasteiger partial charge in [0.2, 0.25) is 10.0 Å². The fourth-order valence-corrected chi connectivity index (χ4v) is 4.09. The summed E-state index contributed by atoms with van der Waals surface area (Å²) in [5, 5.41) is 17.1. The minimum Gasteiger partial charge on any atom is -0.483 e. The quantitative estimate of drug-likeness (QED) is 0.427. The minimum absolute atomic E-state index is 0.0449. The highest BCUT2D eigenvalue weighted by molar-refractivity contribution is 7.89. The topological polar surface area (TPSA) is 139 Å². The number of nitrogens with zero attached hydrogens (tertiary/aromatic N) is 1. The predicted octanol–water partition coefficient (Wildman–Crippen LogP) is 4.41. The molecular formula is C22H14Cl3N3O5S. The smallest absolute Gasteiger partial charge is 0.262 e. The molecule has 1 amide bonds. The number of hydrogen-bond donors (Lipinski definition) is 2. The average Bonchev–Trinajstić information content (AvgIpc) is 2.77. The second kappa shape index (κ2) is 10.4. The predicted molar refractivity (Wildman–Crippen MR) is 128 cm³/mol. The maximum absolute atomic E-state index is 13.0. The van der Waals surface area contributed by atoms with Gasteiger partial charge in [0.25, 0.3) is 5.91 Å². The summed E-state index contributed by atoms with van der Waals surface area (Å²) >= 11 is 18.1. The highest BCUT2D eigenvalue weighted by atomic mass is 35.5. The largest absolute Gasteiger partial charge is 0.483 e. The molecule has 3 N–H and O–H groups in total. The van der Waals surface area contributed by atoms with E-state index in [2.05, 4.69) is 5.32 Å². The van der Waals surface area contributed by atoms with Crippen molar-refractivity contribution < 1.29 is 22.7 Å². The Morgan fingerprint density at radius 1 is 1.00 bits per heavy atom. The molecule has 174 valence electrons. The number of nitrogens with two attached hydrogens (primary N) is 1. The van der Waals surface area contributed by atoms with Gasteiger partial charge in [0.15, 0.2) is 12.4 Å². The SMILES string of the molecule is N#Cc1cc(Cl)cc(C(=O)c2cc(Cl)ccc2OCC(=O)Nc2ccc(S(N)(=O)=O)cc2Cl)c1. The second-order valence-electron chi connectivity index (χ2n) is 6.83. The van der Waals surface area contributed by atoms with Gasteiger partial charge in [-0.15, -0.1) is 0 Å². The van der Waals surface area contributed by atoms with Gasteiger partial charge < -0.3 is 10.1 Å². The fraction of sp³-hybridized carbons (Fsp3) is 0.0455. The lowest BCUT2D eigenvalue weighted by atomic mass is 10.0. The van der Waals surface area contributed by atoms with Crippen LogP contribution in [0.3, 0.4) is 0 Å². The third-order valence-electron chi connectivity index (χ3n) is 4.38. The number of nitrogens with one attached hydrogen (secondary N) is 1. The van der Waals surface area contributed by atoms with E-state index in [1.54, 1.807) is 0 Å². The van der Waals surface area contributed by atoms with E-state index in [9.17, 15) is 18.0 Å². The zero-order valence-corrected chi connectivity index (χ0v) is 20.1. The number of ether oxygens (including phenoxy) is 1. The number of nitriles is 1. The molecule has 3 rings (SSSR count). The number of amides is 1. The van der Waals surface area contributed by atoms with Crippen molar-refractivity contribution in [2.45, 2.75) is 4.90 Å². The summed E-state index contributed by atoms with van der Waals surface area (Å²) in [6, 6.07) is 14.0. The summed E-state index contributed by atoms with van der Waals surface area (Å²) in [5.41, 5.74) is 0.535. The Morgan fingerprint density at radius 2 is 1.74 bits per heavy atom. The first kappa shape index (κ1) is 25.5. The molecule has 0 spiro atoms. The van der Waals surface area contributed by atoms with Gasteiger partial charge in [-0.3, -0.25) is 9.59 Å². The summed E-state index contributed by atoms with van der Waals surface area (Å²) in [6.07, 6.45) is 0. The van der Waals surface area contributed by atoms with Crippen LogP contribution in [-0.2, 0) is 14.8 Å². The molecule has 3 aromatic carbocycles. The second-order valence-corrected chi connectivity index (χ2v) is 9.67. The molecule has 8 nitrogen and oxygen atoms in total. The van der Waals surface area contributed by atoms with E-state index in [0.29, 0.717) is 0 Å². The lowest BCUT2D eigenvalue weighted by Crippen LogP contribution is -2.21. The van der Waals surface area contributed by atoms with Gasteiger partial charge in [-0.05, 0) is 54.6 Å². The van der Waals surface area contributed by atoms with Gasteiger partial charge in [-0.25, -0.2) is 13.6 Å². The van der Waals surface area contributed by atoms with E-state index in [4.69, 9.17) is 49.9 Å². The van der Waals surface area contributed by atoms with Crippen molar-refractivity contribution in [1.29, 1.82) is 5.26 Å². The van der Waals surface area contributed by atoms with Crippen LogP contribution in [0.15, 0.2) is 59.5 Å². The number of rotatable bonds is 7. The molecule has 0 saturated carbocycles. The molecular weight excluding hydrogens is 525 g/mol. The van der Waals surface area contributed by atoms with Crippen LogP contribution in [0.5, 0.6) is 5.75 Å². The summed E-state index contributed by atoms with van der Waals surface area (Å²) in [6.45, 7) is -0.506. The number of halogens is 3. The van der Waals surface area contributed by atoms with Crippen molar-refractivity contribution in [3.8, 4) is 11.8 Å². The van der Waals surface area contributed by atoms with Crippen LogP contribution >= 0.6 is 34.8 Å². The molecule has 0 saturated heterocycles. The Morgan fingerprint density at radius 3 is 2.38 bits per heavy atom. The van der Waals surface area contributed by atoms with Crippen molar-refractivity contribution >= 4 is 62.2 Å². The Balaban J connectivity index is 1.78. The molecule has 0 aromatic heterocycles. The van der Waals surface area contributed by atoms with E-state index >= 15 is 0 Å². The number of carbonyl (C=O) groups is 2. The van der Waals surface area contributed by atoms with Gasteiger partial charge in [0.05, 0.1) is 32.8 Å². The molecule has 3 aromatic rings. The van der Waals surface area contributed by atoms with Gasteiger partial charge in [0, 0.05) is 15.6 Å². The summed E-state index contributed by atoms with van der Waals surface area (Å²) in [5.74, 6) is -1.08. The van der Waals surface area contributed by atoms with E-state index in [-0.39, 0.29) is 48.1 Å². The number of benzene rings is 3. The van der Waals surface area contributed by atoms with Crippen LogP contribution in [0.1, 0.15) is 21.5 Å². The molecule has 0 heterocycles. The van der Waals surface area contributed by atoms with Gasteiger partial charge in [-0.2, -0.15) is 5.26 Å². The van der Waals surface area contributed by atoms with E-state index in [1.807, 2.05) is 6.07 Å². The third-order valence-corrected chi connectivity index (χ3v) is 6.05. The average molecular weight is 539 g/mol. The molecule has 0 atom stereocenters. The number of anilines is 1. The van der Waals surface area contributed by atoms with Crippen LogP contribution in [0, 0.1) is 11.3 Å². The highest BCUT2D eigenvalue weighted by Gasteiger charge is 2.18. The maximum Gasteiger partial charge on any atom is 0.262 e. The number of ketones is 1.